The summed E-state index contributed by atoms with van der Waals surface area (Å²) in [6.07, 6.45) is 7.36. The first-order valence-corrected chi connectivity index (χ1v) is 19.5. The topological polar surface area (TPSA) is 116 Å². The Labute approximate surface area is 296 Å². The highest BCUT2D eigenvalue weighted by atomic mass is 16.2. The van der Waals surface area contributed by atoms with Crippen LogP contribution < -0.4 is 21.3 Å². The molecule has 0 aromatic rings. The molecule has 0 aliphatic rings. The van der Waals surface area contributed by atoms with E-state index in [1.165, 1.54) is 0 Å². The lowest BCUT2D eigenvalue weighted by molar-refractivity contribution is -0.140. The van der Waals surface area contributed by atoms with Gasteiger partial charge in [-0.05, 0) is 98.7 Å². The van der Waals surface area contributed by atoms with Gasteiger partial charge in [-0.3, -0.25) is 19.2 Å². The van der Waals surface area contributed by atoms with Crippen LogP contribution in [-0.2, 0) is 19.2 Å². The first-order valence-electron chi connectivity index (χ1n) is 19.5. The first-order chi connectivity index (χ1) is 22.4. The lowest BCUT2D eigenvalue weighted by atomic mass is 9.84. The average Bonchev–Trinajstić information content (AvgIpc) is 2.93. The van der Waals surface area contributed by atoms with Crippen LogP contribution in [0.15, 0.2) is 0 Å². The minimum atomic E-state index is -0.947. The number of carbonyl (C=O) groups excluding carboxylic acids is 4. The number of carbonyl (C=O) groups is 4. The fourth-order valence-corrected chi connectivity index (χ4v) is 7.13. The summed E-state index contributed by atoms with van der Waals surface area (Å²) in [5.41, 5.74) is 0. The molecular weight excluding hydrogens is 600 g/mol. The molecule has 0 aromatic heterocycles. The smallest absolute Gasteiger partial charge is 0.224 e. The summed E-state index contributed by atoms with van der Waals surface area (Å²) < 4.78 is 0. The van der Waals surface area contributed by atoms with Crippen molar-refractivity contribution in [1.29, 1.82) is 0 Å². The van der Waals surface area contributed by atoms with Gasteiger partial charge in [0, 0.05) is 39.0 Å². The van der Waals surface area contributed by atoms with Crippen molar-refractivity contribution in [3.8, 4) is 0 Å². The van der Waals surface area contributed by atoms with Gasteiger partial charge in [0.05, 0.1) is 11.8 Å². The van der Waals surface area contributed by atoms with Crippen LogP contribution in [0.4, 0.5) is 0 Å². The van der Waals surface area contributed by atoms with Gasteiger partial charge >= 0.3 is 0 Å². The number of amides is 4. The predicted octanol–water partition coefficient (Wildman–Crippen LogP) is 7.75. The van der Waals surface area contributed by atoms with Gasteiger partial charge in [-0.1, -0.05) is 83.1 Å². The van der Waals surface area contributed by atoms with E-state index in [9.17, 15) is 19.2 Å². The van der Waals surface area contributed by atoms with Gasteiger partial charge in [0.2, 0.25) is 23.6 Å². The van der Waals surface area contributed by atoms with Crippen LogP contribution >= 0.6 is 0 Å². The molecule has 0 bridgehead atoms. The van der Waals surface area contributed by atoms with Crippen LogP contribution in [0.2, 0.25) is 0 Å². The molecule has 282 valence electrons. The van der Waals surface area contributed by atoms with Gasteiger partial charge in [0.25, 0.3) is 0 Å². The molecule has 8 nitrogen and oxygen atoms in total. The fourth-order valence-electron chi connectivity index (χ4n) is 7.13. The molecule has 0 saturated heterocycles. The van der Waals surface area contributed by atoms with Crippen molar-refractivity contribution >= 4 is 23.6 Å². The maximum atomic E-state index is 13.8. The van der Waals surface area contributed by atoms with Gasteiger partial charge in [0.15, 0.2) is 0 Å². The molecule has 4 amide bonds. The molecule has 0 radical (unpaired) electrons. The van der Waals surface area contributed by atoms with Crippen molar-refractivity contribution in [3.05, 3.63) is 0 Å². The lowest BCUT2D eigenvalue weighted by Crippen LogP contribution is -2.46. The lowest BCUT2D eigenvalue weighted by Gasteiger charge is -2.26. The Morgan fingerprint density at radius 3 is 0.833 bits per heavy atom. The Kier molecular flexibility index (Phi) is 24.7. The SMILES string of the molecule is CC(C)CC(C)CCNC(=O)CC(C(=O)NCCC(C)CC(C)C)C(CC(=O)NCCC(C)CC(C)C)C(=O)NCCC(C)CC(C)C. The number of hydrogen-bond acceptors (Lipinski definition) is 4. The molecule has 0 fully saturated rings. The normalized spacial score (nSPS) is 15.6. The number of nitrogens with one attached hydrogen (secondary N) is 4. The molecule has 0 aromatic carbocycles. The summed E-state index contributed by atoms with van der Waals surface area (Å²) in [6, 6.07) is 0. The molecule has 4 N–H and O–H groups in total. The van der Waals surface area contributed by atoms with E-state index in [0.717, 1.165) is 51.4 Å². The minimum absolute atomic E-state index is 0.132. The fraction of sp³-hybridized carbons (Fsp3) is 0.900. The maximum absolute atomic E-state index is 13.8. The Morgan fingerprint density at radius 1 is 0.375 bits per heavy atom. The van der Waals surface area contributed by atoms with Gasteiger partial charge in [-0.2, -0.15) is 0 Å². The highest BCUT2D eigenvalue weighted by Crippen LogP contribution is 2.23. The zero-order valence-electron chi connectivity index (χ0n) is 33.3. The molecule has 48 heavy (non-hydrogen) atoms. The zero-order chi connectivity index (χ0) is 36.8. The Balaban J connectivity index is 5.92. The summed E-state index contributed by atoms with van der Waals surface area (Å²) in [4.78, 5) is 54.2. The third-order valence-electron chi connectivity index (χ3n) is 9.26. The summed E-state index contributed by atoms with van der Waals surface area (Å²) in [7, 11) is 0. The van der Waals surface area contributed by atoms with E-state index in [-0.39, 0.29) is 36.5 Å². The van der Waals surface area contributed by atoms with E-state index in [0.29, 0.717) is 73.5 Å². The van der Waals surface area contributed by atoms with Gasteiger partial charge in [0.1, 0.15) is 0 Å². The van der Waals surface area contributed by atoms with Crippen LogP contribution in [0.3, 0.4) is 0 Å². The quantitative estimate of drug-likeness (QED) is 0.0711. The average molecular weight is 679 g/mol. The van der Waals surface area contributed by atoms with Crippen molar-refractivity contribution in [1.82, 2.24) is 21.3 Å². The van der Waals surface area contributed by atoms with Crippen molar-refractivity contribution < 1.29 is 19.2 Å². The molecule has 0 spiro atoms. The predicted molar refractivity (Wildman–Crippen MR) is 201 cm³/mol. The van der Waals surface area contributed by atoms with E-state index in [1.54, 1.807) is 0 Å². The Hall–Kier alpha value is -2.12. The van der Waals surface area contributed by atoms with Crippen molar-refractivity contribution in [2.24, 2.45) is 59.2 Å². The molecule has 0 rings (SSSR count). The standard InChI is InChI=1S/C40H78N4O4/c1-27(2)21-31(9)13-17-41-37(45)25-35(39(47)43-19-15-33(11)23-29(5)6)36(40(48)44-20-16-34(12)24-30(7)8)26-38(46)42-18-14-32(10)22-28(3)4/h27-36H,13-26H2,1-12H3,(H,41,45)(H,42,46)(H,43,47)(H,44,48). The molecule has 8 heteroatoms. The monoisotopic (exact) mass is 679 g/mol. The van der Waals surface area contributed by atoms with Crippen LogP contribution in [0.1, 0.15) is 147 Å². The largest absolute Gasteiger partial charge is 0.356 e. The van der Waals surface area contributed by atoms with E-state index in [2.05, 4.69) is 104 Å². The van der Waals surface area contributed by atoms with Crippen LogP contribution in [0.5, 0.6) is 0 Å². The molecular formula is C40H78N4O4. The van der Waals surface area contributed by atoms with Gasteiger partial charge < -0.3 is 21.3 Å². The Morgan fingerprint density at radius 2 is 0.604 bits per heavy atom. The third kappa shape index (κ3) is 24.1. The second-order valence-electron chi connectivity index (χ2n) is 17.0. The summed E-state index contributed by atoms with van der Waals surface area (Å²) in [5.74, 6) is 1.06. The molecule has 0 saturated carbocycles. The second-order valence-corrected chi connectivity index (χ2v) is 17.0. The number of hydrogen-bond donors (Lipinski definition) is 4. The van der Waals surface area contributed by atoms with E-state index >= 15 is 0 Å². The minimum Gasteiger partial charge on any atom is -0.356 e. The summed E-state index contributed by atoms with van der Waals surface area (Å²) in [6.45, 7) is 28.3. The highest BCUT2D eigenvalue weighted by molar-refractivity contribution is 5.93. The third-order valence-corrected chi connectivity index (χ3v) is 9.26. The van der Waals surface area contributed by atoms with Crippen molar-refractivity contribution in [3.63, 3.8) is 0 Å². The second kappa shape index (κ2) is 25.8. The van der Waals surface area contributed by atoms with Crippen molar-refractivity contribution in [2.75, 3.05) is 26.2 Å². The number of rotatable bonds is 27. The zero-order valence-corrected chi connectivity index (χ0v) is 33.3. The maximum Gasteiger partial charge on any atom is 0.224 e. The molecule has 0 heterocycles. The van der Waals surface area contributed by atoms with Crippen molar-refractivity contribution in [2.45, 2.75) is 147 Å². The van der Waals surface area contributed by atoms with Crippen LogP contribution in [0, 0.1) is 59.2 Å². The molecule has 0 aliphatic carbocycles. The van der Waals surface area contributed by atoms with Crippen LogP contribution in [-0.4, -0.2) is 49.8 Å². The summed E-state index contributed by atoms with van der Waals surface area (Å²) >= 11 is 0. The Bertz CT molecular complexity index is 832. The van der Waals surface area contributed by atoms with Gasteiger partial charge in [-0.25, -0.2) is 0 Å². The van der Waals surface area contributed by atoms with E-state index in [1.807, 2.05) is 0 Å². The molecule has 6 unspecified atom stereocenters. The van der Waals surface area contributed by atoms with Crippen LogP contribution in [0.25, 0.3) is 0 Å². The van der Waals surface area contributed by atoms with E-state index in [4.69, 9.17) is 0 Å². The van der Waals surface area contributed by atoms with E-state index < -0.39 is 11.8 Å². The molecule has 0 aliphatic heterocycles. The molecule has 6 atom stereocenters. The highest BCUT2D eigenvalue weighted by Gasteiger charge is 2.37. The summed E-state index contributed by atoms with van der Waals surface area (Å²) in [5, 5.41) is 12.1. The first kappa shape index (κ1) is 45.9. The van der Waals surface area contributed by atoms with Gasteiger partial charge in [-0.15, -0.1) is 0 Å².